The van der Waals surface area contributed by atoms with Crippen LogP contribution in [0.3, 0.4) is 0 Å². The first-order valence-corrected chi connectivity index (χ1v) is 6.97. The van der Waals surface area contributed by atoms with Crippen LogP contribution in [0.2, 0.25) is 0 Å². The summed E-state index contributed by atoms with van der Waals surface area (Å²) in [4.78, 5) is 12.7. The highest BCUT2D eigenvalue weighted by atomic mass is 16.5. The van der Waals surface area contributed by atoms with Crippen LogP contribution in [0.15, 0.2) is 23.1 Å². The van der Waals surface area contributed by atoms with Crippen LogP contribution in [0.1, 0.15) is 31.6 Å². The van der Waals surface area contributed by atoms with Gasteiger partial charge in [-0.25, -0.2) is 4.98 Å². The first-order chi connectivity index (χ1) is 9.38. The summed E-state index contributed by atoms with van der Waals surface area (Å²) in [7, 11) is 0. The Kier molecular flexibility index (Phi) is 2.57. The molecular weight excluding hydrogens is 240 g/mol. The van der Waals surface area contributed by atoms with Gasteiger partial charge in [-0.1, -0.05) is 11.6 Å². The van der Waals surface area contributed by atoms with Crippen molar-refractivity contribution in [3.05, 3.63) is 24.5 Å². The van der Waals surface area contributed by atoms with Crippen LogP contribution in [0.25, 0.3) is 11.5 Å². The zero-order chi connectivity index (χ0) is 12.7. The topological polar surface area (TPSA) is 64.7 Å². The Balaban J connectivity index is 1.50. The molecule has 5 heteroatoms. The molecule has 0 N–H and O–H groups in total. The van der Waals surface area contributed by atoms with E-state index < -0.39 is 0 Å². The molecule has 4 rings (SSSR count). The van der Waals surface area contributed by atoms with Crippen LogP contribution in [0.5, 0.6) is 0 Å². The summed E-state index contributed by atoms with van der Waals surface area (Å²) in [5.41, 5.74) is 0.672. The molecule has 2 aromatic heterocycles. The maximum absolute atomic E-state index is 5.36. The average molecular weight is 256 g/mol. The van der Waals surface area contributed by atoms with Crippen molar-refractivity contribution in [3.63, 3.8) is 0 Å². The molecular formula is C14H16N4O. The highest BCUT2D eigenvalue weighted by molar-refractivity contribution is 5.45. The van der Waals surface area contributed by atoms with Crippen LogP contribution >= 0.6 is 0 Å². The van der Waals surface area contributed by atoms with Crippen LogP contribution in [-0.2, 0) is 6.42 Å². The maximum Gasteiger partial charge on any atom is 0.227 e. The van der Waals surface area contributed by atoms with Gasteiger partial charge in [0.05, 0.1) is 6.20 Å². The molecule has 2 bridgehead atoms. The van der Waals surface area contributed by atoms with E-state index >= 15 is 0 Å². The summed E-state index contributed by atoms with van der Waals surface area (Å²) in [5.74, 6) is 3.88. The number of hydrogen-bond donors (Lipinski definition) is 0. The summed E-state index contributed by atoms with van der Waals surface area (Å²) in [6.45, 7) is 0. The molecule has 0 aliphatic heterocycles. The Bertz CT molecular complexity index is 568. The number of fused-ring (bicyclic) bond motifs is 2. The van der Waals surface area contributed by atoms with Gasteiger partial charge in [0.25, 0.3) is 0 Å². The molecule has 2 aliphatic carbocycles. The number of rotatable bonds is 3. The molecule has 2 fully saturated rings. The standard InChI is InChI=1S/C14H16N4O/c1-2-10-5-9(1)6-11(10)7-13-17-14(18-19-13)12-8-15-3-4-16-12/h3-4,8-11H,1-2,5-7H2/t9-,10-,11+/m0/s1. The first kappa shape index (κ1) is 11.1. The van der Waals surface area contributed by atoms with E-state index in [0.717, 1.165) is 30.1 Å². The third-order valence-electron chi connectivity index (χ3n) is 4.58. The van der Waals surface area contributed by atoms with Gasteiger partial charge in [0.15, 0.2) is 0 Å². The van der Waals surface area contributed by atoms with Crippen molar-refractivity contribution in [2.24, 2.45) is 17.8 Å². The fourth-order valence-electron chi connectivity index (χ4n) is 3.71. The monoisotopic (exact) mass is 256 g/mol. The summed E-state index contributed by atoms with van der Waals surface area (Å²) in [5, 5.41) is 4.00. The quantitative estimate of drug-likeness (QED) is 0.844. The summed E-state index contributed by atoms with van der Waals surface area (Å²) < 4.78 is 5.36. The first-order valence-electron chi connectivity index (χ1n) is 6.97. The van der Waals surface area contributed by atoms with Crippen LogP contribution < -0.4 is 0 Å². The smallest absolute Gasteiger partial charge is 0.227 e. The van der Waals surface area contributed by atoms with Gasteiger partial charge in [0, 0.05) is 18.8 Å². The Hall–Kier alpha value is -1.78. The van der Waals surface area contributed by atoms with Crippen LogP contribution in [0, 0.1) is 17.8 Å². The molecule has 0 radical (unpaired) electrons. The van der Waals surface area contributed by atoms with E-state index in [1.54, 1.807) is 18.6 Å². The molecule has 2 heterocycles. The van der Waals surface area contributed by atoms with Gasteiger partial charge >= 0.3 is 0 Å². The van der Waals surface area contributed by atoms with E-state index in [0.29, 0.717) is 11.5 Å². The fourth-order valence-corrected chi connectivity index (χ4v) is 3.71. The summed E-state index contributed by atoms with van der Waals surface area (Å²) in [6.07, 6.45) is 11.4. The highest BCUT2D eigenvalue weighted by Crippen LogP contribution is 2.49. The fraction of sp³-hybridized carbons (Fsp3) is 0.571. The summed E-state index contributed by atoms with van der Waals surface area (Å²) in [6, 6.07) is 0. The van der Waals surface area contributed by atoms with Crippen molar-refractivity contribution in [1.29, 1.82) is 0 Å². The van der Waals surface area contributed by atoms with E-state index in [2.05, 4.69) is 20.1 Å². The van der Waals surface area contributed by atoms with Crippen molar-refractivity contribution in [2.75, 3.05) is 0 Å². The molecule has 0 unspecified atom stereocenters. The molecule has 2 saturated carbocycles. The SMILES string of the molecule is c1cnc(-c2noc(C[C@H]3C[C@H]4CC[C@H]3C4)n2)cn1. The largest absolute Gasteiger partial charge is 0.339 e. The van der Waals surface area contributed by atoms with Gasteiger partial charge in [-0.3, -0.25) is 4.98 Å². The lowest BCUT2D eigenvalue weighted by atomic mass is 9.86. The Morgan fingerprint density at radius 1 is 1.21 bits per heavy atom. The summed E-state index contributed by atoms with van der Waals surface area (Å²) >= 11 is 0. The Labute approximate surface area is 111 Å². The van der Waals surface area contributed by atoms with Crippen LogP contribution in [0.4, 0.5) is 0 Å². The van der Waals surface area contributed by atoms with Crippen LogP contribution in [-0.4, -0.2) is 20.1 Å². The molecule has 3 atom stereocenters. The van der Waals surface area contributed by atoms with Crippen molar-refractivity contribution in [1.82, 2.24) is 20.1 Å². The maximum atomic E-state index is 5.36. The Morgan fingerprint density at radius 2 is 2.21 bits per heavy atom. The second-order valence-electron chi connectivity index (χ2n) is 5.74. The predicted octanol–water partition coefficient (Wildman–Crippen LogP) is 2.51. The predicted molar refractivity (Wildman–Crippen MR) is 68.0 cm³/mol. The number of nitrogens with zero attached hydrogens (tertiary/aromatic N) is 4. The molecule has 2 aromatic rings. The van der Waals surface area contributed by atoms with Gasteiger partial charge in [0.1, 0.15) is 5.69 Å². The minimum absolute atomic E-state index is 0.547. The number of aromatic nitrogens is 4. The third-order valence-corrected chi connectivity index (χ3v) is 4.58. The van der Waals surface area contributed by atoms with E-state index in [4.69, 9.17) is 4.52 Å². The van der Waals surface area contributed by atoms with Crippen molar-refractivity contribution < 1.29 is 4.52 Å². The van der Waals surface area contributed by atoms with Crippen molar-refractivity contribution >= 4 is 0 Å². The van der Waals surface area contributed by atoms with Gasteiger partial charge in [0.2, 0.25) is 11.7 Å². The minimum Gasteiger partial charge on any atom is -0.339 e. The van der Waals surface area contributed by atoms with E-state index in [9.17, 15) is 0 Å². The Morgan fingerprint density at radius 3 is 2.95 bits per heavy atom. The van der Waals surface area contributed by atoms with E-state index in [1.807, 2.05) is 0 Å². The zero-order valence-electron chi connectivity index (χ0n) is 10.7. The normalized spacial score (nSPS) is 28.9. The highest BCUT2D eigenvalue weighted by Gasteiger charge is 2.40. The second kappa shape index (κ2) is 4.40. The lowest BCUT2D eigenvalue weighted by molar-refractivity contribution is 0.288. The molecule has 19 heavy (non-hydrogen) atoms. The van der Waals surface area contributed by atoms with Gasteiger partial charge in [-0.05, 0) is 37.0 Å². The van der Waals surface area contributed by atoms with Crippen molar-refractivity contribution in [3.8, 4) is 11.5 Å². The van der Waals surface area contributed by atoms with Gasteiger partial charge in [-0.2, -0.15) is 4.98 Å². The molecule has 98 valence electrons. The minimum atomic E-state index is 0.547. The molecule has 0 amide bonds. The third kappa shape index (κ3) is 2.03. The molecule has 0 spiro atoms. The molecule has 0 aromatic carbocycles. The molecule has 5 nitrogen and oxygen atoms in total. The van der Waals surface area contributed by atoms with Gasteiger partial charge in [-0.15, -0.1) is 0 Å². The zero-order valence-corrected chi connectivity index (χ0v) is 10.7. The second-order valence-corrected chi connectivity index (χ2v) is 5.74. The van der Waals surface area contributed by atoms with E-state index in [-0.39, 0.29) is 0 Å². The van der Waals surface area contributed by atoms with Crippen molar-refractivity contribution in [2.45, 2.75) is 32.1 Å². The molecule has 0 saturated heterocycles. The lowest BCUT2D eigenvalue weighted by Crippen LogP contribution is -2.13. The average Bonchev–Trinajstić information content (AvgIpc) is 3.16. The lowest BCUT2D eigenvalue weighted by Gasteiger charge is -2.19. The van der Waals surface area contributed by atoms with E-state index in [1.165, 1.54) is 25.7 Å². The molecule has 2 aliphatic rings. The number of hydrogen-bond acceptors (Lipinski definition) is 5. The van der Waals surface area contributed by atoms with Gasteiger partial charge < -0.3 is 4.52 Å².